The molecule has 0 amide bonds. The van der Waals surface area contributed by atoms with Crippen LogP contribution in [0.4, 0.5) is 0 Å². The summed E-state index contributed by atoms with van der Waals surface area (Å²) in [7, 11) is 1.43. The molecule has 0 spiro atoms. The number of rotatable bonds is 15. The zero-order valence-electron chi connectivity index (χ0n) is 21.5. The van der Waals surface area contributed by atoms with Crippen LogP contribution in [0, 0.1) is 11.8 Å². The summed E-state index contributed by atoms with van der Waals surface area (Å²) in [6, 6.07) is 0. The number of allylic oxidation sites excluding steroid dienone is 3. The lowest BCUT2D eigenvalue weighted by atomic mass is 9.91. The van der Waals surface area contributed by atoms with E-state index < -0.39 is 0 Å². The van der Waals surface area contributed by atoms with Crippen LogP contribution in [0.5, 0.6) is 0 Å². The van der Waals surface area contributed by atoms with Gasteiger partial charge in [-0.3, -0.25) is 9.59 Å². The second-order valence-electron chi connectivity index (χ2n) is 9.58. The molecule has 0 bridgehead atoms. The maximum atomic E-state index is 11.8. The van der Waals surface area contributed by atoms with Gasteiger partial charge < -0.3 is 14.2 Å². The summed E-state index contributed by atoms with van der Waals surface area (Å²) in [4.78, 5) is 23.1. The van der Waals surface area contributed by atoms with E-state index in [1.54, 1.807) is 6.92 Å². The number of esters is 1. The van der Waals surface area contributed by atoms with Crippen molar-refractivity contribution < 1.29 is 23.8 Å². The molecule has 34 heavy (non-hydrogen) atoms. The lowest BCUT2D eigenvalue weighted by molar-refractivity contribution is -0.179. The van der Waals surface area contributed by atoms with Crippen molar-refractivity contribution in [2.24, 2.45) is 11.8 Å². The largest absolute Gasteiger partial charge is 0.469 e. The van der Waals surface area contributed by atoms with Gasteiger partial charge >= 0.3 is 5.97 Å². The van der Waals surface area contributed by atoms with E-state index >= 15 is 0 Å². The average molecular weight is 495 g/mol. The predicted molar refractivity (Wildman–Crippen MR) is 140 cm³/mol. The summed E-state index contributed by atoms with van der Waals surface area (Å²) in [5, 5.41) is 0.574. The summed E-state index contributed by atoms with van der Waals surface area (Å²) in [6.45, 7) is 4.71. The fraction of sp³-hybridized carbons (Fsp3) is 0.786. The van der Waals surface area contributed by atoms with Crippen molar-refractivity contribution in [3.8, 4) is 0 Å². The summed E-state index contributed by atoms with van der Waals surface area (Å²) in [6.07, 6.45) is 22.3. The summed E-state index contributed by atoms with van der Waals surface area (Å²) < 4.78 is 16.9. The highest BCUT2D eigenvalue weighted by atomic mass is 32.2. The van der Waals surface area contributed by atoms with E-state index in [1.807, 2.05) is 0 Å². The molecule has 1 unspecified atom stereocenters. The molecule has 1 saturated carbocycles. The SMILES string of the molecule is CCCCC[C@@H](/C=C/[C@H]1CC[C@H](SC(C)=O)[C@@H]1C/C=C\CCCC(=O)OC)OC1CCCCO1. The molecule has 5 nitrogen and oxygen atoms in total. The highest BCUT2D eigenvalue weighted by Gasteiger charge is 2.35. The maximum Gasteiger partial charge on any atom is 0.305 e. The Morgan fingerprint density at radius 3 is 2.68 bits per heavy atom. The van der Waals surface area contributed by atoms with Crippen molar-refractivity contribution in [3.05, 3.63) is 24.3 Å². The second kappa shape index (κ2) is 17.3. The Balaban J connectivity index is 1.96. The number of carbonyl (C=O) groups is 2. The Morgan fingerprint density at radius 1 is 1.12 bits per heavy atom. The molecule has 1 saturated heterocycles. The Morgan fingerprint density at radius 2 is 1.97 bits per heavy atom. The molecule has 0 aromatic heterocycles. The maximum absolute atomic E-state index is 11.8. The molecular weight excluding hydrogens is 448 g/mol. The standard InChI is InChI=1S/C28H46O5S/c1-4-5-8-13-24(33-28-16-11-12-21-32-28)19-17-23-18-20-26(34-22(2)29)25(23)14-9-6-7-10-15-27(30)31-3/h6,9,17,19,23-26,28H,4-5,7-8,10-16,18,20-21H2,1-3H3/b9-6-,19-17+/t23-,24-,25+,26-,28?/m0/s1. The van der Waals surface area contributed by atoms with Gasteiger partial charge in [-0.15, -0.1) is 0 Å². The quantitative estimate of drug-likeness (QED) is 0.139. The molecule has 0 radical (unpaired) electrons. The topological polar surface area (TPSA) is 61.8 Å². The molecule has 1 aliphatic carbocycles. The molecule has 5 atom stereocenters. The van der Waals surface area contributed by atoms with Crippen LogP contribution in [0.1, 0.15) is 97.3 Å². The first-order valence-corrected chi connectivity index (χ1v) is 14.3. The monoisotopic (exact) mass is 494 g/mol. The van der Waals surface area contributed by atoms with Gasteiger partial charge in [0, 0.05) is 25.2 Å². The third kappa shape index (κ3) is 11.5. The highest BCUT2D eigenvalue weighted by molar-refractivity contribution is 8.14. The van der Waals surface area contributed by atoms with Gasteiger partial charge in [-0.2, -0.15) is 0 Å². The van der Waals surface area contributed by atoms with E-state index in [9.17, 15) is 9.59 Å². The van der Waals surface area contributed by atoms with Gasteiger partial charge in [-0.25, -0.2) is 0 Å². The van der Waals surface area contributed by atoms with Gasteiger partial charge in [-0.05, 0) is 69.6 Å². The first-order chi connectivity index (χ1) is 16.5. The number of carbonyl (C=O) groups excluding carboxylic acids is 2. The van der Waals surface area contributed by atoms with Crippen LogP contribution in [0.3, 0.4) is 0 Å². The fourth-order valence-corrected chi connectivity index (χ4v) is 6.08. The van der Waals surface area contributed by atoms with Crippen molar-refractivity contribution in [1.82, 2.24) is 0 Å². The number of methoxy groups -OCH3 is 1. The molecule has 1 aliphatic heterocycles. The van der Waals surface area contributed by atoms with Gasteiger partial charge in [0.15, 0.2) is 11.4 Å². The number of hydrogen-bond acceptors (Lipinski definition) is 6. The third-order valence-corrected chi connectivity index (χ3v) is 8.03. The number of thioether (sulfide) groups is 1. The molecule has 0 aromatic carbocycles. The fourth-order valence-electron chi connectivity index (χ4n) is 4.91. The van der Waals surface area contributed by atoms with Crippen LogP contribution in [0.25, 0.3) is 0 Å². The van der Waals surface area contributed by atoms with Crippen LogP contribution in [-0.4, -0.2) is 42.4 Å². The van der Waals surface area contributed by atoms with E-state index in [2.05, 4.69) is 31.2 Å². The predicted octanol–water partition coefficient (Wildman–Crippen LogP) is 7.00. The zero-order valence-corrected chi connectivity index (χ0v) is 22.4. The van der Waals surface area contributed by atoms with Crippen molar-refractivity contribution in [1.29, 1.82) is 0 Å². The lowest BCUT2D eigenvalue weighted by Gasteiger charge is -2.27. The third-order valence-electron chi connectivity index (χ3n) is 6.81. The van der Waals surface area contributed by atoms with Crippen molar-refractivity contribution in [3.63, 3.8) is 0 Å². The normalized spacial score (nSPS) is 26.3. The molecule has 194 valence electrons. The van der Waals surface area contributed by atoms with Gasteiger partial charge in [0.25, 0.3) is 0 Å². The Bertz CT molecular complexity index is 641. The van der Waals surface area contributed by atoms with E-state index in [4.69, 9.17) is 14.2 Å². The Labute approximate surface area is 211 Å². The number of ether oxygens (including phenoxy) is 3. The molecule has 1 heterocycles. The van der Waals surface area contributed by atoms with E-state index in [0.29, 0.717) is 23.5 Å². The van der Waals surface area contributed by atoms with E-state index in [1.165, 1.54) is 44.6 Å². The number of unbranched alkanes of at least 4 members (excludes halogenated alkanes) is 3. The summed E-state index contributed by atoms with van der Waals surface area (Å²) >= 11 is 1.51. The molecule has 0 N–H and O–H groups in total. The molecule has 0 aromatic rings. The number of hydrogen-bond donors (Lipinski definition) is 0. The summed E-state index contributed by atoms with van der Waals surface area (Å²) in [5.41, 5.74) is 0. The first kappa shape index (κ1) is 29.1. The smallest absolute Gasteiger partial charge is 0.305 e. The minimum atomic E-state index is -0.151. The van der Waals surface area contributed by atoms with E-state index in [-0.39, 0.29) is 23.5 Å². The molecule has 2 rings (SSSR count). The van der Waals surface area contributed by atoms with Crippen molar-refractivity contribution >= 4 is 22.8 Å². The van der Waals surface area contributed by atoms with Crippen LogP contribution in [0.2, 0.25) is 0 Å². The highest BCUT2D eigenvalue weighted by Crippen LogP contribution is 2.42. The lowest BCUT2D eigenvalue weighted by Crippen LogP contribution is -2.27. The van der Waals surface area contributed by atoms with Gasteiger partial charge in [0.1, 0.15) is 0 Å². The summed E-state index contributed by atoms with van der Waals surface area (Å²) in [5.74, 6) is 0.756. The minimum Gasteiger partial charge on any atom is -0.469 e. The molecular formula is C28H46O5S. The molecule has 2 aliphatic rings. The molecule has 6 heteroatoms. The zero-order chi connectivity index (χ0) is 24.6. The van der Waals surface area contributed by atoms with Crippen molar-refractivity contribution in [2.75, 3.05) is 13.7 Å². The van der Waals surface area contributed by atoms with Gasteiger partial charge in [-0.1, -0.05) is 62.3 Å². The first-order valence-electron chi connectivity index (χ1n) is 13.4. The van der Waals surface area contributed by atoms with Crippen LogP contribution >= 0.6 is 11.8 Å². The van der Waals surface area contributed by atoms with Crippen LogP contribution in [-0.2, 0) is 23.8 Å². The van der Waals surface area contributed by atoms with Crippen LogP contribution < -0.4 is 0 Å². The van der Waals surface area contributed by atoms with Gasteiger partial charge in [0.05, 0.1) is 13.2 Å². The average Bonchev–Trinajstić information content (AvgIpc) is 3.20. The Hall–Kier alpha value is -1.11. The second-order valence-corrected chi connectivity index (χ2v) is 11.0. The van der Waals surface area contributed by atoms with Crippen LogP contribution in [0.15, 0.2) is 24.3 Å². The van der Waals surface area contributed by atoms with E-state index in [0.717, 1.165) is 58.0 Å². The van der Waals surface area contributed by atoms with Gasteiger partial charge in [0.2, 0.25) is 0 Å². The molecule has 2 fully saturated rings. The minimum absolute atomic E-state index is 0.0710. The van der Waals surface area contributed by atoms with Crippen molar-refractivity contribution in [2.45, 2.75) is 115 Å². The Kier molecular flexibility index (Phi) is 14.9.